The number of hydrogen-bond acceptors (Lipinski definition) is 5. The van der Waals surface area contributed by atoms with Crippen molar-refractivity contribution in [3.63, 3.8) is 0 Å². The van der Waals surface area contributed by atoms with Crippen molar-refractivity contribution in [3.8, 4) is 0 Å². The smallest absolute Gasteiger partial charge is 0.0936 e. The predicted octanol–water partition coefficient (Wildman–Crippen LogP) is 14.5. The lowest BCUT2D eigenvalue weighted by Crippen LogP contribution is -2.43. The summed E-state index contributed by atoms with van der Waals surface area (Å²) < 4.78 is 25.2. The van der Waals surface area contributed by atoms with E-state index in [1.807, 2.05) is 0 Å². The summed E-state index contributed by atoms with van der Waals surface area (Å²) in [7, 11) is 0. The van der Waals surface area contributed by atoms with E-state index in [0.717, 1.165) is 62.0 Å². The Morgan fingerprint density at radius 2 is 1.56 bits per heavy atom. The molecule has 5 aliphatic carbocycles. The fraction of sp³-hybridized carbons (Fsp3) is 0.893. The monoisotopic (exact) mass is 848 g/mol. The van der Waals surface area contributed by atoms with Crippen molar-refractivity contribution < 1.29 is 18.9 Å². The summed E-state index contributed by atoms with van der Waals surface area (Å²) in [5, 5.41) is 0. The maximum atomic E-state index is 6.49. The molecule has 0 aromatic carbocycles. The molecule has 6 rings (SSSR count). The van der Waals surface area contributed by atoms with E-state index in [1.54, 1.807) is 12.0 Å². The lowest BCUT2D eigenvalue weighted by Gasteiger charge is -2.51. The van der Waals surface area contributed by atoms with E-state index >= 15 is 0 Å². The second kappa shape index (κ2) is 25.6. The van der Waals surface area contributed by atoms with E-state index in [9.17, 15) is 0 Å². The summed E-state index contributed by atoms with van der Waals surface area (Å²) in [6.45, 7) is 19.6. The van der Waals surface area contributed by atoms with Crippen molar-refractivity contribution in [1.29, 1.82) is 0 Å². The summed E-state index contributed by atoms with van der Waals surface area (Å²) in [6, 6.07) is 0. The first-order chi connectivity index (χ1) is 29.8. The minimum Gasteiger partial charge on any atom is -0.379 e. The van der Waals surface area contributed by atoms with Gasteiger partial charge in [-0.05, 0) is 162 Å². The molecule has 0 amide bonds. The number of rotatable bonds is 32. The van der Waals surface area contributed by atoms with E-state index in [2.05, 4.69) is 69.9 Å². The van der Waals surface area contributed by atoms with Gasteiger partial charge in [0.05, 0.1) is 45.2 Å². The van der Waals surface area contributed by atoms with Gasteiger partial charge in [-0.15, -0.1) is 0 Å². The minimum absolute atomic E-state index is 0.117. The van der Waals surface area contributed by atoms with E-state index < -0.39 is 0 Å². The van der Waals surface area contributed by atoms with Gasteiger partial charge in [-0.25, -0.2) is 0 Å². The van der Waals surface area contributed by atoms with E-state index in [1.165, 1.54) is 154 Å². The van der Waals surface area contributed by atoms with Gasteiger partial charge >= 0.3 is 0 Å². The Labute approximate surface area is 377 Å². The van der Waals surface area contributed by atoms with E-state index in [0.29, 0.717) is 55.4 Å². The number of fused-ring (bicyclic) bond motifs is 2. The van der Waals surface area contributed by atoms with Crippen LogP contribution in [0.4, 0.5) is 0 Å². The van der Waals surface area contributed by atoms with Crippen LogP contribution in [0.3, 0.4) is 0 Å². The van der Waals surface area contributed by atoms with E-state index in [4.69, 9.17) is 18.9 Å². The molecule has 0 radical (unpaired) electrons. The van der Waals surface area contributed by atoms with Gasteiger partial charge in [-0.1, -0.05) is 128 Å². The van der Waals surface area contributed by atoms with Crippen molar-refractivity contribution in [2.24, 2.45) is 45.8 Å². The Bertz CT molecular complexity index is 1330. The highest BCUT2D eigenvalue weighted by atomic mass is 16.6. The maximum absolute atomic E-state index is 6.49. The number of hydrogen-bond donors (Lipinski definition) is 0. The highest BCUT2D eigenvalue weighted by molar-refractivity contribution is 5.33. The molecular formula is C56H97NO4. The lowest BCUT2D eigenvalue weighted by molar-refractivity contribution is -0.0601. The molecule has 1 aliphatic heterocycles. The van der Waals surface area contributed by atoms with Crippen LogP contribution >= 0.6 is 0 Å². The van der Waals surface area contributed by atoms with Crippen LogP contribution in [0, 0.1) is 45.8 Å². The second-order valence-corrected chi connectivity index (χ2v) is 22.3. The number of allylic oxidation sites excluding steroid dienone is 5. The fourth-order valence-electron chi connectivity index (χ4n) is 13.9. The molecule has 1 heterocycles. The largest absolute Gasteiger partial charge is 0.379 e. The Kier molecular flexibility index (Phi) is 20.8. The molecule has 6 aliphatic rings. The van der Waals surface area contributed by atoms with Crippen molar-refractivity contribution in [2.75, 3.05) is 59.3 Å². The number of nitrogens with zero attached hydrogens (tertiary/aromatic N) is 1. The number of unbranched alkanes of at least 4 members (excludes halogenated alkanes) is 10. The Balaban J connectivity index is 0.795. The van der Waals surface area contributed by atoms with Crippen LogP contribution < -0.4 is 0 Å². The topological polar surface area (TPSA) is 40.2 Å². The summed E-state index contributed by atoms with van der Waals surface area (Å²) in [5.41, 5.74) is 3.73. The zero-order valence-corrected chi connectivity index (χ0v) is 40.8. The minimum atomic E-state index is 0.117. The molecule has 1 saturated heterocycles. The standard InChI is InChI=1S/C56H97NO4/c1-6-7-8-9-10-11-12-13-14-15-16-17-18-19-20-23-36-59-44-50(43-57-35-30-47(4)42-57)61-40-38-58-37-39-60-49-25-26-51-48(41-49)29-32-55-45-56(55)34-33-54(5,31-22-21-24-46(2)3)53(56)28-27-52(51)55/h10-11,13-14,29,46-47,49-53H,6-9,12,15-28,30-45H2,1-5H3/b11-10-,14-13-/t47?,49-,50?,51?,52+,53?,54-,55-,56-/m0/s1. The van der Waals surface area contributed by atoms with Gasteiger partial charge in [0.25, 0.3) is 0 Å². The average molecular weight is 848 g/mol. The van der Waals surface area contributed by atoms with Crippen LogP contribution in [-0.4, -0.2) is 76.4 Å². The average Bonchev–Trinajstić information content (AvgIpc) is 3.60. The van der Waals surface area contributed by atoms with E-state index in [-0.39, 0.29) is 6.10 Å². The lowest BCUT2D eigenvalue weighted by atomic mass is 9.54. The Morgan fingerprint density at radius 1 is 0.770 bits per heavy atom. The summed E-state index contributed by atoms with van der Waals surface area (Å²) in [5.74, 6) is 4.43. The van der Waals surface area contributed by atoms with Crippen LogP contribution in [0.15, 0.2) is 36.0 Å². The molecular weight excluding hydrogens is 751 g/mol. The second-order valence-electron chi connectivity index (χ2n) is 22.3. The van der Waals surface area contributed by atoms with Crippen LogP contribution in [-0.2, 0) is 18.9 Å². The maximum Gasteiger partial charge on any atom is 0.0936 e. The van der Waals surface area contributed by atoms with Crippen molar-refractivity contribution >= 4 is 0 Å². The first kappa shape index (κ1) is 49.5. The Hall–Kier alpha value is -0.980. The highest BCUT2D eigenvalue weighted by Gasteiger charge is 2.79. The van der Waals surface area contributed by atoms with Gasteiger partial charge in [-0.3, -0.25) is 0 Å². The molecule has 0 N–H and O–H groups in total. The summed E-state index contributed by atoms with van der Waals surface area (Å²) >= 11 is 0. The molecule has 9 atom stereocenters. The molecule has 61 heavy (non-hydrogen) atoms. The molecule has 5 fully saturated rings. The predicted molar refractivity (Wildman–Crippen MR) is 257 cm³/mol. The van der Waals surface area contributed by atoms with Gasteiger partial charge in [-0.2, -0.15) is 0 Å². The quantitative estimate of drug-likeness (QED) is 0.0498. The van der Waals surface area contributed by atoms with Gasteiger partial charge in [0.15, 0.2) is 0 Å². The molecule has 0 aromatic heterocycles. The molecule has 5 nitrogen and oxygen atoms in total. The third-order valence-electron chi connectivity index (χ3n) is 17.3. The van der Waals surface area contributed by atoms with Crippen LogP contribution in [0.25, 0.3) is 0 Å². The molecule has 350 valence electrons. The zero-order chi connectivity index (χ0) is 42.8. The summed E-state index contributed by atoms with van der Waals surface area (Å²) in [4.78, 5) is 2.57. The molecule has 5 heteroatoms. The third-order valence-corrected chi connectivity index (χ3v) is 17.3. The SMILES string of the molecule is CCCCC/C=C\C/C=C\CCCCCCCCOCC(CN1CCC(C)C1)OCCOCCO[C@H]1CCC2C(=CC[C@@]34C[C@]35CC[C@](C)(CCCCC(C)C)C5CC[C@H]24)C1. The van der Waals surface area contributed by atoms with Crippen molar-refractivity contribution in [1.82, 2.24) is 4.90 Å². The highest BCUT2D eigenvalue weighted by Crippen LogP contribution is 2.86. The fourth-order valence-corrected chi connectivity index (χ4v) is 13.9. The van der Waals surface area contributed by atoms with Gasteiger partial charge < -0.3 is 23.8 Å². The molecule has 4 unspecified atom stereocenters. The molecule has 0 aromatic rings. The normalized spacial score (nSPS) is 32.7. The first-order valence-electron chi connectivity index (χ1n) is 26.9. The third kappa shape index (κ3) is 14.3. The molecule has 4 saturated carbocycles. The van der Waals surface area contributed by atoms with Crippen LogP contribution in [0.2, 0.25) is 0 Å². The number of ether oxygens (including phenoxy) is 4. The van der Waals surface area contributed by atoms with Crippen molar-refractivity contribution in [3.05, 3.63) is 36.0 Å². The number of likely N-dealkylation sites (tertiary alicyclic amines) is 1. The van der Waals surface area contributed by atoms with Crippen molar-refractivity contribution in [2.45, 2.75) is 214 Å². The van der Waals surface area contributed by atoms with Gasteiger partial charge in [0.2, 0.25) is 0 Å². The van der Waals surface area contributed by atoms with Gasteiger partial charge in [0.1, 0.15) is 0 Å². The van der Waals surface area contributed by atoms with Gasteiger partial charge in [0, 0.05) is 19.7 Å². The Morgan fingerprint density at radius 3 is 2.34 bits per heavy atom. The first-order valence-corrected chi connectivity index (χ1v) is 26.9. The zero-order valence-electron chi connectivity index (χ0n) is 40.8. The molecule has 2 spiro atoms. The molecule has 0 bridgehead atoms. The summed E-state index contributed by atoms with van der Waals surface area (Å²) in [6.07, 6.45) is 47.7. The van der Waals surface area contributed by atoms with Crippen LogP contribution in [0.1, 0.15) is 202 Å². The van der Waals surface area contributed by atoms with Crippen LogP contribution in [0.5, 0.6) is 0 Å².